The van der Waals surface area contributed by atoms with E-state index in [0.717, 1.165) is 15.4 Å². The number of carbonyl (C=O) groups is 1. The number of rotatable bonds is 8. The van der Waals surface area contributed by atoms with E-state index in [2.05, 4.69) is 5.32 Å². The first-order valence-electron chi connectivity index (χ1n) is 9.99. The van der Waals surface area contributed by atoms with Crippen LogP contribution in [0.15, 0.2) is 77.7 Å². The Bertz CT molecular complexity index is 1180. The Morgan fingerprint density at radius 1 is 1.06 bits per heavy atom. The summed E-state index contributed by atoms with van der Waals surface area (Å²) in [5, 5.41) is 3.46. The number of nitrogens with zero attached hydrogens (tertiary/aromatic N) is 1. The Kier molecular flexibility index (Phi) is 7.43. The van der Waals surface area contributed by atoms with Crippen molar-refractivity contribution in [1.29, 1.82) is 0 Å². The predicted octanol–water partition coefficient (Wildman–Crippen LogP) is 4.73. The molecule has 3 aromatic rings. The van der Waals surface area contributed by atoms with Gasteiger partial charge in [-0.2, -0.15) is 0 Å². The molecule has 1 amide bonds. The maximum Gasteiger partial charge on any atom is 0.268 e. The van der Waals surface area contributed by atoms with Crippen molar-refractivity contribution in [2.45, 2.75) is 24.8 Å². The normalized spacial score (nSPS) is 12.1. The summed E-state index contributed by atoms with van der Waals surface area (Å²) in [6.45, 7) is 3.24. The lowest BCUT2D eigenvalue weighted by atomic mass is 10.1. The monoisotopic (exact) mass is 472 g/mol. The molecule has 0 bridgehead atoms. The molecule has 0 aliphatic heterocycles. The number of anilines is 1. The van der Waals surface area contributed by atoms with Gasteiger partial charge in [-0.15, -0.1) is 0 Å². The molecule has 1 atom stereocenters. The van der Waals surface area contributed by atoms with Gasteiger partial charge in [-0.25, -0.2) is 8.42 Å². The van der Waals surface area contributed by atoms with Crippen LogP contribution in [0, 0.1) is 6.92 Å². The number of aryl methyl sites for hydroxylation is 1. The van der Waals surface area contributed by atoms with Gasteiger partial charge in [0.2, 0.25) is 5.91 Å². The highest BCUT2D eigenvalue weighted by atomic mass is 35.5. The van der Waals surface area contributed by atoms with Crippen molar-refractivity contribution in [3.05, 3.63) is 88.9 Å². The minimum absolute atomic E-state index is 0.00222. The number of hydrogen-bond donors (Lipinski definition) is 1. The van der Waals surface area contributed by atoms with Gasteiger partial charge >= 0.3 is 0 Å². The maximum atomic E-state index is 13.6. The lowest BCUT2D eigenvalue weighted by molar-refractivity contribution is -0.120. The van der Waals surface area contributed by atoms with Gasteiger partial charge in [0, 0.05) is 5.02 Å². The molecule has 0 aliphatic carbocycles. The second-order valence-corrected chi connectivity index (χ2v) is 9.61. The van der Waals surface area contributed by atoms with Crippen LogP contribution in [0.3, 0.4) is 0 Å². The molecule has 3 aromatic carbocycles. The zero-order valence-electron chi connectivity index (χ0n) is 18.1. The molecule has 0 unspecified atom stereocenters. The van der Waals surface area contributed by atoms with Gasteiger partial charge in [0.05, 0.1) is 18.8 Å². The second-order valence-electron chi connectivity index (χ2n) is 7.34. The average Bonchev–Trinajstić information content (AvgIpc) is 2.78. The smallest absolute Gasteiger partial charge is 0.268 e. The lowest BCUT2D eigenvalue weighted by Crippen LogP contribution is -2.41. The Morgan fingerprint density at radius 2 is 1.72 bits per heavy atom. The zero-order chi connectivity index (χ0) is 23.3. The molecule has 0 aromatic heterocycles. The molecule has 0 spiro atoms. The number of methoxy groups -OCH3 is 1. The Balaban J connectivity index is 1.93. The molecule has 1 N–H and O–H groups in total. The SMILES string of the molecule is COc1ccc(C)cc1S(=O)(=O)N(CC(=O)N[C@@H](C)c1ccc(Cl)cc1)c1ccccc1. The number of nitrogens with one attached hydrogen (secondary N) is 1. The summed E-state index contributed by atoms with van der Waals surface area (Å²) < 4.78 is 33.7. The molecule has 0 aliphatic rings. The van der Waals surface area contributed by atoms with Gasteiger partial charge in [0.25, 0.3) is 10.0 Å². The molecule has 32 heavy (non-hydrogen) atoms. The number of ether oxygens (including phenoxy) is 1. The molecule has 0 heterocycles. The number of carbonyl (C=O) groups excluding carboxylic acids is 1. The number of amides is 1. The number of para-hydroxylation sites is 1. The lowest BCUT2D eigenvalue weighted by Gasteiger charge is -2.26. The van der Waals surface area contributed by atoms with Crippen LogP contribution in [0.25, 0.3) is 0 Å². The van der Waals surface area contributed by atoms with Crippen molar-refractivity contribution in [2.75, 3.05) is 18.0 Å². The van der Waals surface area contributed by atoms with Crippen LogP contribution in [-0.4, -0.2) is 28.0 Å². The third-order valence-corrected chi connectivity index (χ3v) is 7.01. The highest BCUT2D eigenvalue weighted by Crippen LogP contribution is 2.30. The van der Waals surface area contributed by atoms with Crippen LogP contribution in [0.2, 0.25) is 5.02 Å². The van der Waals surface area contributed by atoms with Gasteiger partial charge in [-0.3, -0.25) is 9.10 Å². The fraction of sp³-hybridized carbons (Fsp3) is 0.208. The third kappa shape index (κ3) is 5.41. The van der Waals surface area contributed by atoms with E-state index < -0.39 is 15.9 Å². The Morgan fingerprint density at radius 3 is 2.34 bits per heavy atom. The number of hydrogen-bond acceptors (Lipinski definition) is 4. The molecule has 0 saturated heterocycles. The summed E-state index contributed by atoms with van der Waals surface area (Å²) in [5.74, 6) is -0.224. The van der Waals surface area contributed by atoms with Crippen molar-refractivity contribution >= 4 is 33.2 Å². The summed E-state index contributed by atoms with van der Waals surface area (Å²) in [6, 6.07) is 20.2. The molecule has 0 fully saturated rings. The fourth-order valence-electron chi connectivity index (χ4n) is 3.27. The van der Waals surface area contributed by atoms with Crippen molar-refractivity contribution in [2.24, 2.45) is 0 Å². The summed E-state index contributed by atoms with van der Waals surface area (Å²) in [4.78, 5) is 12.9. The first-order valence-corrected chi connectivity index (χ1v) is 11.8. The molecule has 0 radical (unpaired) electrons. The topological polar surface area (TPSA) is 75.7 Å². The second kappa shape index (κ2) is 10.1. The Hall–Kier alpha value is -3.03. The molecule has 0 saturated carbocycles. The first kappa shape index (κ1) is 23.6. The molecular weight excluding hydrogens is 448 g/mol. The summed E-state index contributed by atoms with van der Waals surface area (Å²) in [7, 11) is -2.68. The van der Waals surface area contributed by atoms with Crippen molar-refractivity contribution in [1.82, 2.24) is 5.32 Å². The molecule has 6 nitrogen and oxygen atoms in total. The van der Waals surface area contributed by atoms with Crippen molar-refractivity contribution < 1.29 is 17.9 Å². The van der Waals surface area contributed by atoms with E-state index in [-0.39, 0.29) is 23.2 Å². The van der Waals surface area contributed by atoms with Crippen molar-refractivity contribution in [3.8, 4) is 5.75 Å². The molecular formula is C24H25ClN2O4S. The summed E-state index contributed by atoms with van der Waals surface area (Å²) >= 11 is 5.93. The Labute approximate surface area is 193 Å². The van der Waals surface area contributed by atoms with Crippen molar-refractivity contribution in [3.63, 3.8) is 0 Å². The zero-order valence-corrected chi connectivity index (χ0v) is 19.7. The predicted molar refractivity (Wildman–Crippen MR) is 127 cm³/mol. The van der Waals surface area contributed by atoms with E-state index in [9.17, 15) is 13.2 Å². The number of benzene rings is 3. The van der Waals surface area contributed by atoms with Crippen LogP contribution in [0.1, 0.15) is 24.1 Å². The van der Waals surface area contributed by atoms with Crippen LogP contribution < -0.4 is 14.4 Å². The average molecular weight is 473 g/mol. The first-order chi connectivity index (χ1) is 15.2. The van der Waals surface area contributed by atoms with Crippen LogP contribution in [-0.2, 0) is 14.8 Å². The van der Waals surface area contributed by atoms with E-state index in [1.54, 1.807) is 67.6 Å². The fourth-order valence-corrected chi connectivity index (χ4v) is 5.06. The van der Waals surface area contributed by atoms with E-state index >= 15 is 0 Å². The van der Waals surface area contributed by atoms with Crippen LogP contribution in [0.4, 0.5) is 5.69 Å². The minimum Gasteiger partial charge on any atom is -0.495 e. The summed E-state index contributed by atoms with van der Waals surface area (Å²) in [5.41, 5.74) is 2.00. The molecule has 3 rings (SSSR count). The van der Waals surface area contributed by atoms with E-state index in [4.69, 9.17) is 16.3 Å². The highest BCUT2D eigenvalue weighted by molar-refractivity contribution is 7.93. The standard InChI is InChI=1S/C24H25ClN2O4S/c1-17-9-14-22(31-3)23(15-17)32(29,30)27(21-7-5-4-6-8-21)16-24(28)26-18(2)19-10-12-20(25)13-11-19/h4-15,18H,16H2,1-3H3,(H,26,28)/t18-/m0/s1. The van der Waals surface area contributed by atoms with E-state index in [0.29, 0.717) is 10.7 Å². The molecule has 168 valence electrons. The van der Waals surface area contributed by atoms with E-state index in [1.807, 2.05) is 19.1 Å². The molecule has 8 heteroatoms. The van der Waals surface area contributed by atoms with Gasteiger partial charge < -0.3 is 10.1 Å². The third-order valence-electron chi connectivity index (χ3n) is 4.97. The number of sulfonamides is 1. The minimum atomic E-state index is -4.09. The van der Waals surface area contributed by atoms with Crippen LogP contribution in [0.5, 0.6) is 5.75 Å². The van der Waals surface area contributed by atoms with Gasteiger partial charge in [0.1, 0.15) is 17.2 Å². The summed E-state index contributed by atoms with van der Waals surface area (Å²) in [6.07, 6.45) is 0. The number of halogens is 1. The van der Waals surface area contributed by atoms with Gasteiger partial charge in [0.15, 0.2) is 0 Å². The van der Waals surface area contributed by atoms with Crippen LogP contribution >= 0.6 is 11.6 Å². The largest absolute Gasteiger partial charge is 0.495 e. The highest BCUT2D eigenvalue weighted by Gasteiger charge is 2.30. The van der Waals surface area contributed by atoms with Gasteiger partial charge in [-0.05, 0) is 61.4 Å². The van der Waals surface area contributed by atoms with Gasteiger partial charge in [-0.1, -0.05) is 48.0 Å². The maximum absolute atomic E-state index is 13.6. The quantitative estimate of drug-likeness (QED) is 0.514. The van der Waals surface area contributed by atoms with E-state index in [1.165, 1.54) is 7.11 Å².